The summed E-state index contributed by atoms with van der Waals surface area (Å²) in [5.41, 5.74) is 6.94. The molecule has 3 aliphatic rings. The Labute approximate surface area is 261 Å². The van der Waals surface area contributed by atoms with Crippen LogP contribution >= 0.6 is 0 Å². The van der Waals surface area contributed by atoms with Crippen LogP contribution in [0.5, 0.6) is 5.75 Å². The third kappa shape index (κ3) is 5.89. The van der Waals surface area contributed by atoms with Gasteiger partial charge in [-0.1, -0.05) is 18.2 Å². The van der Waals surface area contributed by atoms with Gasteiger partial charge in [0.1, 0.15) is 23.8 Å². The molecule has 5 heterocycles. The molecule has 0 radical (unpaired) electrons. The zero-order valence-electron chi connectivity index (χ0n) is 26.5. The molecule has 0 N–H and O–H groups in total. The van der Waals surface area contributed by atoms with Gasteiger partial charge < -0.3 is 23.8 Å². The van der Waals surface area contributed by atoms with Crippen molar-refractivity contribution in [3.8, 4) is 28.1 Å². The van der Waals surface area contributed by atoms with Gasteiger partial charge in [-0.3, -0.25) is 9.20 Å². The Hall–Kier alpha value is -4.02. The van der Waals surface area contributed by atoms with Gasteiger partial charge in [0.15, 0.2) is 11.6 Å². The molecule has 2 aromatic heterocycles. The fourth-order valence-corrected chi connectivity index (χ4v) is 6.45. The second-order valence-corrected chi connectivity index (χ2v) is 12.1. The monoisotopic (exact) mass is 619 g/mol. The van der Waals surface area contributed by atoms with Crippen molar-refractivity contribution in [3.05, 3.63) is 70.4 Å². The lowest BCUT2D eigenvalue weighted by molar-refractivity contribution is -0.139. The summed E-state index contributed by atoms with van der Waals surface area (Å²) in [4.78, 5) is 20.2. The Balaban J connectivity index is 1.56. The number of anilines is 1. The van der Waals surface area contributed by atoms with Crippen LogP contribution in [0.25, 0.3) is 28.0 Å². The molecule has 45 heavy (non-hydrogen) atoms. The lowest BCUT2D eigenvalue weighted by Crippen LogP contribution is -2.45. The number of rotatable bonds is 2. The molecule has 7 rings (SSSR count). The van der Waals surface area contributed by atoms with Crippen LogP contribution in [0.4, 0.5) is 14.6 Å². The third-order valence-corrected chi connectivity index (χ3v) is 9.24. The fourth-order valence-electron chi connectivity index (χ4n) is 6.45. The average Bonchev–Trinajstić information content (AvgIpc) is 3.37. The topological polar surface area (TPSA) is 74.5 Å². The normalized spacial score (nSPS) is 16.8. The molecule has 0 atom stereocenters. The van der Waals surface area contributed by atoms with E-state index in [1.54, 1.807) is 0 Å². The Morgan fingerprint density at radius 3 is 2.44 bits per heavy atom. The molecule has 2 aromatic carbocycles. The molecule has 0 unspecified atom stereocenters. The molecule has 8 nitrogen and oxygen atoms in total. The number of piperidine rings is 1. The summed E-state index contributed by atoms with van der Waals surface area (Å²) >= 11 is 0. The third-order valence-electron chi connectivity index (χ3n) is 9.24. The van der Waals surface area contributed by atoms with Gasteiger partial charge in [-0.05, 0) is 69.4 Å². The van der Waals surface area contributed by atoms with E-state index >= 15 is 0 Å². The van der Waals surface area contributed by atoms with Crippen LogP contribution < -0.4 is 9.64 Å². The molecular formula is C35H39F2N3O5. The van der Waals surface area contributed by atoms with Crippen molar-refractivity contribution in [1.82, 2.24) is 9.38 Å². The highest BCUT2D eigenvalue weighted by atomic mass is 19.2. The minimum absolute atomic E-state index is 0.136. The van der Waals surface area contributed by atoms with Crippen LogP contribution in [0.2, 0.25) is 0 Å². The molecule has 10 heteroatoms. The molecule has 6 bridgehead atoms. The van der Waals surface area contributed by atoms with E-state index in [1.807, 2.05) is 45.0 Å². The number of aryl methyl sites for hydroxylation is 2. The Kier molecular flexibility index (Phi) is 8.54. The number of nitrogens with zero attached hydrogens (tertiary/aromatic N) is 3. The Morgan fingerprint density at radius 1 is 0.978 bits per heavy atom. The maximum atomic E-state index is 14.5. The van der Waals surface area contributed by atoms with Crippen molar-refractivity contribution in [2.75, 3.05) is 51.5 Å². The number of carbonyl (C=O) groups is 1. The maximum absolute atomic E-state index is 14.5. The van der Waals surface area contributed by atoms with Gasteiger partial charge in [0, 0.05) is 41.5 Å². The maximum Gasteiger partial charge on any atom is 0.310 e. The van der Waals surface area contributed by atoms with E-state index in [4.69, 9.17) is 23.9 Å². The van der Waals surface area contributed by atoms with Crippen molar-refractivity contribution in [2.45, 2.75) is 52.6 Å². The molecule has 238 valence electrons. The molecule has 0 amide bonds. The van der Waals surface area contributed by atoms with E-state index in [-0.39, 0.29) is 37.0 Å². The standard InChI is InChI=1S/C35H39F2N3O5/c1-21-22(2)33-38-32-23(3)40(33)34(26(21)19-31(41)42-5)39-11-9-35(4,10-12-39)45-16-14-43-13-15-44-30-20-29(37)28(36)18-27(30)24-7-6-8-25(32)17-24/h6-8,17-18,20H,9-16,19H2,1-5H3. The molecule has 0 aliphatic carbocycles. The first kappa shape index (κ1) is 31.0. The van der Waals surface area contributed by atoms with Crippen LogP contribution in [0, 0.1) is 32.4 Å². The number of carbonyl (C=O) groups excluding carboxylic acids is 1. The van der Waals surface area contributed by atoms with Crippen molar-refractivity contribution >= 4 is 17.4 Å². The molecule has 1 fully saturated rings. The quantitative estimate of drug-likeness (QED) is 0.191. The first-order valence-corrected chi connectivity index (χ1v) is 15.4. The number of methoxy groups -OCH3 is 1. The Bertz CT molecular complexity index is 1760. The van der Waals surface area contributed by atoms with Gasteiger partial charge in [0.05, 0.1) is 44.6 Å². The Morgan fingerprint density at radius 2 is 1.69 bits per heavy atom. The summed E-state index contributed by atoms with van der Waals surface area (Å²) in [7, 11) is 1.41. The minimum Gasteiger partial charge on any atom is -0.490 e. The lowest BCUT2D eigenvalue weighted by Gasteiger charge is -2.41. The van der Waals surface area contributed by atoms with Gasteiger partial charge in [-0.2, -0.15) is 0 Å². The number of fused-ring (bicyclic) bond motifs is 8. The summed E-state index contributed by atoms with van der Waals surface area (Å²) in [6.45, 7) is 10.9. The zero-order chi connectivity index (χ0) is 31.9. The molecular weight excluding hydrogens is 580 g/mol. The number of hydrogen-bond acceptors (Lipinski definition) is 7. The highest BCUT2D eigenvalue weighted by Gasteiger charge is 2.34. The predicted molar refractivity (Wildman–Crippen MR) is 168 cm³/mol. The van der Waals surface area contributed by atoms with E-state index in [0.29, 0.717) is 24.3 Å². The summed E-state index contributed by atoms with van der Waals surface area (Å²) in [5.74, 6) is -1.09. The smallest absolute Gasteiger partial charge is 0.310 e. The van der Waals surface area contributed by atoms with Crippen molar-refractivity contribution in [1.29, 1.82) is 0 Å². The summed E-state index contributed by atoms with van der Waals surface area (Å²) in [6, 6.07) is 9.84. The summed E-state index contributed by atoms with van der Waals surface area (Å²) in [6.07, 6.45) is 1.73. The van der Waals surface area contributed by atoms with Crippen LogP contribution in [-0.4, -0.2) is 67.6 Å². The van der Waals surface area contributed by atoms with Crippen LogP contribution in [0.15, 0.2) is 36.4 Å². The number of pyridine rings is 1. The number of imidazole rings is 1. The molecule has 1 saturated heterocycles. The zero-order valence-corrected chi connectivity index (χ0v) is 26.5. The van der Waals surface area contributed by atoms with Gasteiger partial charge in [-0.15, -0.1) is 0 Å². The van der Waals surface area contributed by atoms with Crippen LogP contribution in [-0.2, 0) is 25.4 Å². The largest absolute Gasteiger partial charge is 0.490 e. The summed E-state index contributed by atoms with van der Waals surface area (Å²) in [5, 5.41) is 0. The van der Waals surface area contributed by atoms with Gasteiger partial charge in [-0.25, -0.2) is 13.8 Å². The number of ether oxygens (including phenoxy) is 4. The minimum atomic E-state index is -0.982. The van der Waals surface area contributed by atoms with Gasteiger partial charge in [0.2, 0.25) is 0 Å². The first-order valence-electron chi connectivity index (χ1n) is 15.4. The molecule has 4 aromatic rings. The van der Waals surface area contributed by atoms with Crippen molar-refractivity contribution in [2.24, 2.45) is 0 Å². The first-order chi connectivity index (χ1) is 21.6. The van der Waals surface area contributed by atoms with Crippen LogP contribution in [0.1, 0.15) is 42.1 Å². The van der Waals surface area contributed by atoms with E-state index in [1.165, 1.54) is 7.11 Å². The van der Waals surface area contributed by atoms with E-state index in [2.05, 4.69) is 16.2 Å². The number of hydrogen-bond donors (Lipinski definition) is 0. The van der Waals surface area contributed by atoms with Gasteiger partial charge >= 0.3 is 5.97 Å². The molecule has 0 spiro atoms. The molecule has 3 aliphatic heterocycles. The second kappa shape index (κ2) is 12.4. The SMILES string of the molecule is COC(=O)Cc1c(C)c(C)c2nc3c(C)n2c1N1CCC(C)(CC1)OCCOCCOc1cc(F)c(F)cc1-c1cccc-3c1. The van der Waals surface area contributed by atoms with Crippen molar-refractivity contribution in [3.63, 3.8) is 0 Å². The number of benzene rings is 2. The summed E-state index contributed by atoms with van der Waals surface area (Å²) < 4.78 is 54.1. The predicted octanol–water partition coefficient (Wildman–Crippen LogP) is 6.37. The highest BCUT2D eigenvalue weighted by Crippen LogP contribution is 2.39. The van der Waals surface area contributed by atoms with E-state index in [0.717, 1.165) is 83.2 Å². The number of esters is 1. The average molecular weight is 620 g/mol. The van der Waals surface area contributed by atoms with Gasteiger partial charge in [0.25, 0.3) is 0 Å². The highest BCUT2D eigenvalue weighted by molar-refractivity contribution is 5.81. The number of aromatic nitrogens is 2. The number of halogens is 2. The van der Waals surface area contributed by atoms with Crippen LogP contribution in [0.3, 0.4) is 0 Å². The second-order valence-electron chi connectivity index (χ2n) is 12.1. The van der Waals surface area contributed by atoms with E-state index < -0.39 is 11.6 Å². The molecule has 0 saturated carbocycles. The van der Waals surface area contributed by atoms with Crippen molar-refractivity contribution < 1.29 is 32.5 Å². The lowest BCUT2D eigenvalue weighted by atomic mass is 9.92. The fraction of sp³-hybridized carbons (Fsp3) is 0.429. The van der Waals surface area contributed by atoms with E-state index in [9.17, 15) is 13.6 Å².